The minimum atomic E-state index is -0.417. The Hall–Kier alpha value is -2.81. The third kappa shape index (κ3) is 10.1. The second-order valence-corrected chi connectivity index (χ2v) is 16.3. The topological polar surface area (TPSA) is 50.2 Å². The Morgan fingerprint density at radius 3 is 2.02 bits per heavy atom. The summed E-state index contributed by atoms with van der Waals surface area (Å²) in [6.45, 7) is 11.1. The molecular formula is C44H56IrNO2-. The Balaban J connectivity index is 0.000000319. The Kier molecular flexibility index (Phi) is 13.2. The Bertz CT molecular complexity index is 1660. The number of carbonyl (C=O) groups excluding carboxylic acids is 1. The smallest absolute Gasteiger partial charge is 0.164 e. The Labute approximate surface area is 303 Å². The number of carbonyl (C=O) groups is 1. The zero-order valence-electron chi connectivity index (χ0n) is 30.1. The third-order valence-corrected chi connectivity index (χ3v) is 10.2. The molecule has 1 radical (unpaired) electrons. The first-order valence-electron chi connectivity index (χ1n) is 18.2. The normalized spacial score (nSPS) is 16.7. The van der Waals surface area contributed by atoms with Gasteiger partial charge in [0.15, 0.2) is 5.78 Å². The molecule has 2 saturated carbocycles. The van der Waals surface area contributed by atoms with Crippen LogP contribution in [0.4, 0.5) is 0 Å². The zero-order valence-corrected chi connectivity index (χ0v) is 32.5. The molecule has 2 fully saturated rings. The van der Waals surface area contributed by atoms with E-state index in [1.807, 2.05) is 47.7 Å². The molecule has 1 heterocycles. The van der Waals surface area contributed by atoms with Gasteiger partial charge in [-0.15, -0.1) is 34.9 Å². The number of rotatable bonds is 6. The molecule has 6 rings (SSSR count). The number of hydrogen-bond donors (Lipinski definition) is 1. The fourth-order valence-electron chi connectivity index (χ4n) is 7.19. The molecule has 0 unspecified atom stereocenters. The minimum Gasteiger partial charge on any atom is -0.512 e. The first kappa shape index (κ1) is 38.0. The second-order valence-electron chi connectivity index (χ2n) is 16.3. The molecule has 1 N–H and O–H groups in total. The molecule has 0 aliphatic heterocycles. The number of aromatic nitrogens is 1. The number of aliphatic hydroxyl groups excluding tert-OH is 1. The standard InChI is InChI=1S/C33H36N.C11H20O2.Ir/c1-3-9-24(10-4-1)19-26-21-27(20-25-11-5-2-6-12-25)23-29(22-26)33-32-16-15-28-13-7-8-14-30(28)31(32)17-18-34-33;1-10(2,3)8(12)7-9(13)11(4,5)6;/h7-8,13-18,21-22,24-25H,1-6,9-12,19-20H2;7,12H,1-6H3;/q-1;;/b;8-7-;. The van der Waals surface area contributed by atoms with E-state index in [1.165, 1.54) is 121 Å². The van der Waals surface area contributed by atoms with Crippen LogP contribution in [-0.2, 0) is 37.7 Å². The maximum absolute atomic E-state index is 11.5. The summed E-state index contributed by atoms with van der Waals surface area (Å²) in [6.07, 6.45) is 19.7. The van der Waals surface area contributed by atoms with Crippen molar-refractivity contribution in [2.24, 2.45) is 22.7 Å². The number of benzene rings is 3. The van der Waals surface area contributed by atoms with Crippen molar-refractivity contribution >= 4 is 27.3 Å². The maximum atomic E-state index is 11.5. The second kappa shape index (κ2) is 16.7. The Morgan fingerprint density at radius 1 is 0.771 bits per heavy atom. The van der Waals surface area contributed by atoms with Crippen molar-refractivity contribution in [1.29, 1.82) is 0 Å². The fourth-order valence-corrected chi connectivity index (χ4v) is 7.19. The molecule has 0 amide bonds. The van der Waals surface area contributed by atoms with E-state index in [0.717, 1.165) is 17.5 Å². The maximum Gasteiger partial charge on any atom is 0.164 e. The number of ketones is 1. The van der Waals surface area contributed by atoms with Crippen LogP contribution in [0.5, 0.6) is 0 Å². The van der Waals surface area contributed by atoms with E-state index >= 15 is 0 Å². The van der Waals surface area contributed by atoms with Crippen LogP contribution in [0.3, 0.4) is 0 Å². The van der Waals surface area contributed by atoms with E-state index in [-0.39, 0.29) is 37.1 Å². The van der Waals surface area contributed by atoms with Gasteiger partial charge in [-0.25, -0.2) is 0 Å². The van der Waals surface area contributed by atoms with Crippen molar-refractivity contribution in [2.45, 2.75) is 119 Å². The molecule has 2 aliphatic rings. The van der Waals surface area contributed by atoms with Crippen LogP contribution in [0.15, 0.2) is 72.6 Å². The van der Waals surface area contributed by atoms with Crippen LogP contribution >= 0.6 is 0 Å². The molecule has 3 aromatic carbocycles. The summed E-state index contributed by atoms with van der Waals surface area (Å²) in [5, 5.41) is 14.7. The SMILES string of the molecule is CC(C)(C)C(=O)/C=C(\O)C(C)(C)C.[Ir].[c-]1c(CC2CCCCC2)cc(CC2CCCCC2)cc1-c1nccc2c1ccc1ccccc12. The van der Waals surface area contributed by atoms with Crippen LogP contribution in [0.25, 0.3) is 32.8 Å². The molecule has 0 bridgehead atoms. The van der Waals surface area contributed by atoms with Crippen LogP contribution in [-0.4, -0.2) is 15.9 Å². The predicted molar refractivity (Wildman–Crippen MR) is 199 cm³/mol. The summed E-state index contributed by atoms with van der Waals surface area (Å²) >= 11 is 0. The number of pyridine rings is 1. The number of hydrogen-bond acceptors (Lipinski definition) is 3. The van der Waals surface area contributed by atoms with Crippen molar-refractivity contribution in [3.63, 3.8) is 0 Å². The van der Waals surface area contributed by atoms with Gasteiger partial charge in [0.25, 0.3) is 0 Å². The summed E-state index contributed by atoms with van der Waals surface area (Å²) < 4.78 is 0. The molecule has 0 atom stereocenters. The number of nitrogens with zero attached hydrogens (tertiary/aromatic N) is 1. The van der Waals surface area contributed by atoms with Crippen molar-refractivity contribution in [2.75, 3.05) is 0 Å². The van der Waals surface area contributed by atoms with E-state index in [1.54, 1.807) is 0 Å². The average molecular weight is 823 g/mol. The van der Waals surface area contributed by atoms with E-state index in [4.69, 9.17) is 4.98 Å². The van der Waals surface area contributed by atoms with E-state index in [9.17, 15) is 9.90 Å². The molecule has 4 heteroatoms. The average Bonchev–Trinajstić information content (AvgIpc) is 3.04. The van der Waals surface area contributed by atoms with Gasteiger partial charge in [-0.05, 0) is 58.0 Å². The first-order valence-corrected chi connectivity index (χ1v) is 18.2. The molecular weight excluding hydrogens is 767 g/mol. The third-order valence-electron chi connectivity index (χ3n) is 10.2. The van der Waals surface area contributed by atoms with E-state index < -0.39 is 5.41 Å². The van der Waals surface area contributed by atoms with Crippen molar-refractivity contribution < 1.29 is 30.0 Å². The van der Waals surface area contributed by atoms with Crippen LogP contribution in [0.2, 0.25) is 0 Å². The van der Waals surface area contributed by atoms with Crippen LogP contribution < -0.4 is 0 Å². The molecule has 0 saturated heterocycles. The quantitative estimate of drug-likeness (QED) is 0.0912. The van der Waals surface area contributed by atoms with Gasteiger partial charge in [0.2, 0.25) is 0 Å². The monoisotopic (exact) mass is 823 g/mol. The molecule has 2 aliphatic carbocycles. The van der Waals surface area contributed by atoms with E-state index in [2.05, 4.69) is 60.7 Å². The van der Waals surface area contributed by atoms with Gasteiger partial charge in [-0.3, -0.25) is 4.79 Å². The van der Waals surface area contributed by atoms with Crippen molar-refractivity contribution in [3.8, 4) is 11.3 Å². The molecule has 0 spiro atoms. The number of allylic oxidation sites excluding steroid dienone is 2. The largest absolute Gasteiger partial charge is 0.512 e. The summed E-state index contributed by atoms with van der Waals surface area (Å²) in [4.78, 5) is 16.4. The van der Waals surface area contributed by atoms with Gasteiger partial charge in [0.1, 0.15) is 5.76 Å². The summed E-state index contributed by atoms with van der Waals surface area (Å²) in [5.41, 5.74) is 4.44. The summed E-state index contributed by atoms with van der Waals surface area (Å²) in [7, 11) is 0. The zero-order chi connectivity index (χ0) is 33.6. The summed E-state index contributed by atoms with van der Waals surface area (Å²) in [5.74, 6) is 1.77. The Morgan fingerprint density at radius 2 is 1.40 bits per heavy atom. The predicted octanol–water partition coefficient (Wildman–Crippen LogP) is 12.2. The molecule has 3 nitrogen and oxygen atoms in total. The van der Waals surface area contributed by atoms with E-state index in [0.29, 0.717) is 0 Å². The van der Waals surface area contributed by atoms with Gasteiger partial charge >= 0.3 is 0 Å². The van der Waals surface area contributed by atoms with Gasteiger partial charge in [-0.2, -0.15) is 0 Å². The van der Waals surface area contributed by atoms with Gasteiger partial charge < -0.3 is 10.1 Å². The first-order chi connectivity index (χ1) is 22.4. The van der Waals surface area contributed by atoms with Crippen LogP contribution in [0, 0.1) is 28.7 Å². The number of aliphatic hydroxyl groups is 1. The van der Waals surface area contributed by atoms with Crippen LogP contribution in [0.1, 0.15) is 117 Å². The number of fused-ring (bicyclic) bond motifs is 3. The molecule has 4 aromatic rings. The summed E-state index contributed by atoms with van der Waals surface area (Å²) in [6, 6.07) is 24.2. The fraction of sp³-hybridized carbons (Fsp3) is 0.500. The van der Waals surface area contributed by atoms with Gasteiger partial charge in [0, 0.05) is 43.2 Å². The van der Waals surface area contributed by atoms with Crippen molar-refractivity contribution in [3.05, 3.63) is 89.8 Å². The molecule has 259 valence electrons. The van der Waals surface area contributed by atoms with Crippen molar-refractivity contribution in [1.82, 2.24) is 4.98 Å². The van der Waals surface area contributed by atoms with Gasteiger partial charge in [-0.1, -0.05) is 142 Å². The molecule has 1 aromatic heterocycles. The molecule has 48 heavy (non-hydrogen) atoms. The minimum absolute atomic E-state index is 0. The van der Waals surface area contributed by atoms with Gasteiger partial charge in [0.05, 0.1) is 0 Å².